The third-order valence-electron chi connectivity index (χ3n) is 9.88. The molecule has 0 aliphatic carbocycles. The Kier molecular flexibility index (Phi) is 32.8. The Bertz CT molecular complexity index is 2530. The van der Waals surface area contributed by atoms with Crippen LogP contribution < -0.4 is 15.9 Å². The van der Waals surface area contributed by atoms with Crippen LogP contribution in [0, 0.1) is 0 Å². The van der Waals surface area contributed by atoms with E-state index in [4.69, 9.17) is 9.47 Å². The molecule has 0 heterocycles. The van der Waals surface area contributed by atoms with Crippen molar-refractivity contribution >= 4 is 53.3 Å². The first-order valence-corrected chi connectivity index (χ1v) is 25.1. The summed E-state index contributed by atoms with van der Waals surface area (Å²) in [5.41, 5.74) is 5.99. The maximum Gasteiger partial charge on any atom is 0.333 e. The van der Waals surface area contributed by atoms with Crippen molar-refractivity contribution in [1.82, 2.24) is 0 Å². The van der Waals surface area contributed by atoms with E-state index in [1.54, 1.807) is 46.1 Å². The Labute approximate surface area is 431 Å². The zero-order valence-corrected chi connectivity index (χ0v) is 44.8. The van der Waals surface area contributed by atoms with Crippen LogP contribution in [0.15, 0.2) is 257 Å². The summed E-state index contributed by atoms with van der Waals surface area (Å²) in [5.74, 6) is 2.42. The molecular formula is C63H75O8P. The maximum atomic E-state index is 11.9. The molecule has 4 aromatic carbocycles. The molecule has 4 rings (SSSR count). The van der Waals surface area contributed by atoms with E-state index < -0.39 is 6.89 Å². The third kappa shape index (κ3) is 26.3. The summed E-state index contributed by atoms with van der Waals surface area (Å²) in [6, 6.07) is 43.5. The molecule has 0 N–H and O–H groups in total. The molecule has 0 atom stereocenters. The minimum atomic E-state index is -2.07. The van der Waals surface area contributed by atoms with Crippen LogP contribution in [0.1, 0.15) is 56.8 Å². The number of aldehydes is 1. The lowest BCUT2D eigenvalue weighted by atomic mass is 10.1. The molecule has 0 fully saturated rings. The first kappa shape index (κ1) is 62.2. The van der Waals surface area contributed by atoms with Gasteiger partial charge >= 0.3 is 11.9 Å². The van der Waals surface area contributed by atoms with Crippen LogP contribution in [-0.4, -0.2) is 58.4 Å². The predicted octanol–water partition coefficient (Wildman–Crippen LogP) is 13.2. The zero-order valence-electron chi connectivity index (χ0n) is 43.9. The van der Waals surface area contributed by atoms with Crippen LogP contribution in [0.3, 0.4) is 0 Å². The number of hydrogen-bond acceptors (Lipinski definition) is 8. The largest absolute Gasteiger partial charge is 0.501 e. The average Bonchev–Trinajstić information content (AvgIpc) is 3.41. The summed E-state index contributed by atoms with van der Waals surface area (Å²) in [6.45, 7) is 13.7. The first-order valence-electron chi connectivity index (χ1n) is 23.2. The third-order valence-corrected chi connectivity index (χ3v) is 13.8. The molecule has 72 heavy (non-hydrogen) atoms. The second kappa shape index (κ2) is 38.0. The number of hydrogen-bond donors (Lipinski definition) is 0. The van der Waals surface area contributed by atoms with Gasteiger partial charge < -0.3 is 18.9 Å². The van der Waals surface area contributed by atoms with E-state index in [2.05, 4.69) is 88.1 Å². The monoisotopic (exact) mass is 992 g/mol. The van der Waals surface area contributed by atoms with Crippen molar-refractivity contribution in [3.63, 3.8) is 0 Å². The summed E-state index contributed by atoms with van der Waals surface area (Å²) in [7, 11) is 4.40. The molecule has 0 aliphatic rings. The number of carbonyl (C=O) groups is 4. The Morgan fingerprint density at radius 2 is 0.875 bits per heavy atom. The van der Waals surface area contributed by atoms with Gasteiger partial charge in [-0.25, -0.2) is 9.59 Å². The minimum absolute atomic E-state index is 0. The van der Waals surface area contributed by atoms with Crippen molar-refractivity contribution in [3.8, 4) is 0 Å². The quantitative estimate of drug-likeness (QED) is 0.0174. The number of ether oxygens (including phenoxy) is 4. The summed E-state index contributed by atoms with van der Waals surface area (Å²) in [4.78, 5) is 43.6. The fraction of sp³-hybridized carbons (Fsp3) is 0.190. The molecule has 0 aromatic heterocycles. The summed E-state index contributed by atoms with van der Waals surface area (Å²) >= 11 is 0. The Morgan fingerprint density at radius 3 is 1.31 bits per heavy atom. The topological polar surface area (TPSA) is 105 Å². The number of allylic oxidation sites excluding steroid dienone is 19. The number of methoxy groups -OCH3 is 3. The van der Waals surface area contributed by atoms with Gasteiger partial charge in [-0.1, -0.05) is 223 Å². The lowest BCUT2D eigenvalue weighted by molar-refractivity contribution is -0.136. The van der Waals surface area contributed by atoms with Crippen LogP contribution in [0.2, 0.25) is 0 Å². The zero-order chi connectivity index (χ0) is 53.4. The highest BCUT2D eigenvalue weighted by Crippen LogP contribution is 2.43. The smallest absolute Gasteiger partial charge is 0.333 e. The van der Waals surface area contributed by atoms with E-state index in [-0.39, 0.29) is 13.4 Å². The van der Waals surface area contributed by atoms with E-state index in [9.17, 15) is 19.2 Å². The van der Waals surface area contributed by atoms with Gasteiger partial charge in [0.1, 0.15) is 12.9 Å². The van der Waals surface area contributed by atoms with Crippen molar-refractivity contribution in [3.05, 3.63) is 257 Å². The number of carbonyl (C=O) groups excluding carboxylic acids is 4. The van der Waals surface area contributed by atoms with Crippen LogP contribution in [-0.2, 0) is 38.1 Å². The van der Waals surface area contributed by atoms with Crippen LogP contribution in [0.4, 0.5) is 0 Å². The van der Waals surface area contributed by atoms with Gasteiger partial charge in [0.2, 0.25) is 0 Å². The van der Waals surface area contributed by atoms with E-state index in [1.165, 1.54) is 30.1 Å². The Balaban J connectivity index is 0.00000106. The predicted molar refractivity (Wildman–Crippen MR) is 306 cm³/mol. The van der Waals surface area contributed by atoms with E-state index in [0.717, 1.165) is 34.3 Å². The van der Waals surface area contributed by atoms with Gasteiger partial charge in [0.25, 0.3) is 6.47 Å². The summed E-state index contributed by atoms with van der Waals surface area (Å²) in [6.07, 6.45) is 27.5. The molecule has 0 amide bonds. The molecule has 0 aliphatic heterocycles. The Morgan fingerprint density at radius 1 is 0.458 bits per heavy atom. The number of benzene rings is 4. The van der Waals surface area contributed by atoms with Crippen LogP contribution in [0.5, 0.6) is 0 Å². The van der Waals surface area contributed by atoms with Crippen molar-refractivity contribution in [2.24, 2.45) is 0 Å². The van der Waals surface area contributed by atoms with Gasteiger partial charge in [0.05, 0.1) is 27.1 Å². The molecule has 9 heteroatoms. The first-order chi connectivity index (χ1) is 34.7. The van der Waals surface area contributed by atoms with Crippen molar-refractivity contribution < 1.29 is 39.6 Å². The van der Waals surface area contributed by atoms with E-state index >= 15 is 0 Å². The molecule has 0 spiro atoms. The SMILES string of the molecule is CO/C(C)=C/C=C/C=C(\C)C=O.COC(=O)/C(C)=C/C(C)=C/C(C)=C/C=C/C=C(C)/C=C/C=C(\C)COC=O.COC(=O)/C(C)=C/C=P(c1ccccc1)(c1ccccc1)c1ccccc1.[2HH].c1ccccc1. The van der Waals surface area contributed by atoms with E-state index in [0.29, 0.717) is 29.8 Å². The Hall–Kier alpha value is -7.80. The molecule has 4 aromatic rings. The second-order valence-electron chi connectivity index (χ2n) is 16.0. The normalized spacial score (nSPS) is 12.9. The molecule has 0 bridgehead atoms. The molecule has 0 saturated heterocycles. The van der Waals surface area contributed by atoms with Gasteiger partial charge in [0, 0.05) is 12.6 Å². The maximum absolute atomic E-state index is 11.9. The van der Waals surface area contributed by atoms with Gasteiger partial charge in [-0.2, -0.15) is 0 Å². The number of rotatable bonds is 19. The minimum Gasteiger partial charge on any atom is -0.501 e. The fourth-order valence-electron chi connectivity index (χ4n) is 6.10. The molecule has 0 unspecified atom stereocenters. The average molecular weight is 992 g/mol. The van der Waals surface area contributed by atoms with Crippen LogP contribution in [0.25, 0.3) is 0 Å². The van der Waals surface area contributed by atoms with E-state index in [1.807, 2.05) is 156 Å². The lowest BCUT2D eigenvalue weighted by Gasteiger charge is -2.28. The van der Waals surface area contributed by atoms with Gasteiger partial charge in [-0.05, 0) is 101 Å². The summed E-state index contributed by atoms with van der Waals surface area (Å²) in [5, 5.41) is 3.74. The fourth-order valence-corrected chi connectivity index (χ4v) is 9.88. The van der Waals surface area contributed by atoms with Crippen molar-refractivity contribution in [2.75, 3.05) is 27.9 Å². The molecular weight excluding hydrogens is 916 g/mol. The van der Waals surface area contributed by atoms with Crippen molar-refractivity contribution in [2.45, 2.75) is 55.4 Å². The lowest BCUT2D eigenvalue weighted by Crippen LogP contribution is -2.26. The van der Waals surface area contributed by atoms with Gasteiger partial charge in [-0.15, -0.1) is 0 Å². The van der Waals surface area contributed by atoms with Crippen molar-refractivity contribution in [1.29, 1.82) is 0 Å². The van der Waals surface area contributed by atoms with Gasteiger partial charge in [-0.3, -0.25) is 9.59 Å². The van der Waals surface area contributed by atoms with Crippen LogP contribution >= 0.6 is 6.89 Å². The summed E-state index contributed by atoms with van der Waals surface area (Å²) < 4.78 is 19.1. The number of esters is 2. The molecule has 8 nitrogen and oxygen atoms in total. The van der Waals surface area contributed by atoms with Gasteiger partial charge in [0.15, 0.2) is 0 Å². The standard InChI is InChI=1S/C24H23O2P.C23H30O4.C10H14O2.C6H6.H2/c1-20(24(25)26-2)18-19-27(21-12-6-3-7-13-21,22-14-8-4-9-15-22)23-16-10-5-11-17-23;1-18(12-9-13-20(3)16-27-17-24)10-7-8-11-19(2)14-21(4)15-22(5)23(25)26-6;1-9(8-11)6-4-5-7-10(2)12-3;1-2-4-6-5-3-1;/h3-19H,1-2H3;7-15,17H,16H2,1-6H3;4-8H,1-3H3;1-6H;1H/b20-18+;8-7+,12-9+,18-10+,19-11+,20-13+,21-14+,22-15+;5-4+,9-6+,10-7+;;/i;;;;1+1. The molecule has 0 saturated carbocycles. The highest BCUT2D eigenvalue weighted by Gasteiger charge is 2.24. The molecule has 380 valence electrons. The second-order valence-corrected chi connectivity index (χ2v) is 19.3. The highest BCUT2D eigenvalue weighted by molar-refractivity contribution is 7.94. The molecule has 0 radical (unpaired) electrons. The highest BCUT2D eigenvalue weighted by atomic mass is 31.2.